The van der Waals surface area contributed by atoms with Gasteiger partial charge in [-0.25, -0.2) is 0 Å². The fourth-order valence-corrected chi connectivity index (χ4v) is 4.46. The molecule has 0 radical (unpaired) electrons. The van der Waals surface area contributed by atoms with Crippen LogP contribution >= 0.6 is 46.3 Å². The molecular weight excluding hydrogens is 479 g/mol. The molecule has 0 saturated carbocycles. The van der Waals surface area contributed by atoms with Crippen LogP contribution < -0.4 is 10.1 Å². The molecule has 31 heavy (non-hydrogen) atoms. The zero-order valence-corrected chi connectivity index (χ0v) is 20.0. The van der Waals surface area contributed by atoms with E-state index in [-0.39, 0.29) is 11.7 Å². The lowest BCUT2D eigenvalue weighted by atomic mass is 10.3. The Balaban J connectivity index is 1.67. The number of aryl methyl sites for hydroxylation is 1. The standard InChI is InChI=1S/C19H20Cl2N6O2S2/c1-4-8-27-17(11(3)29-14-7-6-12(20)9-13(14)21)24-26-19(27)30-10-15(28)22-18-25-23-16(5-2)31-18/h4,6-7,9,11H,1,5,8,10H2,2-3H3,(H,22,25,28). The molecule has 0 aliphatic rings. The summed E-state index contributed by atoms with van der Waals surface area (Å²) < 4.78 is 7.80. The molecule has 0 bridgehead atoms. The molecule has 164 valence electrons. The zero-order chi connectivity index (χ0) is 22.4. The molecule has 2 heterocycles. The van der Waals surface area contributed by atoms with Gasteiger partial charge in [0.25, 0.3) is 0 Å². The molecule has 3 rings (SSSR count). The van der Waals surface area contributed by atoms with Crippen molar-refractivity contribution in [1.82, 2.24) is 25.0 Å². The first kappa shape index (κ1) is 23.5. The Morgan fingerprint density at radius 3 is 2.84 bits per heavy atom. The normalized spacial score (nSPS) is 11.9. The van der Waals surface area contributed by atoms with Crippen LogP contribution in [0.15, 0.2) is 36.0 Å². The van der Waals surface area contributed by atoms with Gasteiger partial charge in [-0.3, -0.25) is 14.7 Å². The van der Waals surface area contributed by atoms with Crippen molar-refractivity contribution in [3.63, 3.8) is 0 Å². The van der Waals surface area contributed by atoms with Gasteiger partial charge < -0.3 is 4.74 Å². The second-order valence-corrected chi connectivity index (χ2v) is 9.11. The molecule has 1 aromatic carbocycles. The third-order valence-electron chi connectivity index (χ3n) is 3.97. The van der Waals surface area contributed by atoms with Gasteiger partial charge in [-0.2, -0.15) is 0 Å². The van der Waals surface area contributed by atoms with E-state index < -0.39 is 6.10 Å². The second kappa shape index (κ2) is 10.9. The summed E-state index contributed by atoms with van der Waals surface area (Å²) in [6, 6.07) is 5.01. The first-order valence-corrected chi connectivity index (χ1v) is 11.9. The number of amides is 1. The summed E-state index contributed by atoms with van der Waals surface area (Å²) in [6.45, 7) is 8.08. The Bertz CT molecular complexity index is 1070. The van der Waals surface area contributed by atoms with Crippen LogP contribution in [0.3, 0.4) is 0 Å². The maximum Gasteiger partial charge on any atom is 0.236 e. The number of ether oxygens (including phenoxy) is 1. The summed E-state index contributed by atoms with van der Waals surface area (Å²) in [5.41, 5.74) is 0. The van der Waals surface area contributed by atoms with Gasteiger partial charge in [0.15, 0.2) is 17.1 Å². The Kier molecular flexibility index (Phi) is 8.30. The van der Waals surface area contributed by atoms with Gasteiger partial charge in [-0.15, -0.1) is 27.0 Å². The summed E-state index contributed by atoms with van der Waals surface area (Å²) in [4.78, 5) is 12.3. The quantitative estimate of drug-likeness (QED) is 0.308. The molecule has 1 atom stereocenters. The minimum absolute atomic E-state index is 0.147. The predicted octanol–water partition coefficient (Wildman–Crippen LogP) is 5.06. The average Bonchev–Trinajstić information content (AvgIpc) is 3.35. The Hall–Kier alpha value is -2.14. The highest BCUT2D eigenvalue weighted by atomic mass is 35.5. The molecule has 2 aromatic heterocycles. The van der Waals surface area contributed by atoms with E-state index in [2.05, 4.69) is 32.3 Å². The topological polar surface area (TPSA) is 94.8 Å². The number of hydrogen-bond donors (Lipinski definition) is 1. The molecule has 1 unspecified atom stereocenters. The number of rotatable bonds is 10. The highest BCUT2D eigenvalue weighted by molar-refractivity contribution is 7.99. The van der Waals surface area contributed by atoms with Crippen LogP contribution in [0.1, 0.15) is 30.8 Å². The number of nitrogens with zero attached hydrogens (tertiary/aromatic N) is 5. The highest BCUT2D eigenvalue weighted by Crippen LogP contribution is 2.31. The second-order valence-electron chi connectivity index (χ2n) is 6.27. The van der Waals surface area contributed by atoms with Crippen LogP contribution in [0.2, 0.25) is 10.0 Å². The molecule has 0 fully saturated rings. The zero-order valence-electron chi connectivity index (χ0n) is 16.8. The van der Waals surface area contributed by atoms with Crippen LogP contribution in [-0.2, 0) is 17.8 Å². The van der Waals surface area contributed by atoms with Gasteiger partial charge in [0.2, 0.25) is 11.0 Å². The van der Waals surface area contributed by atoms with Crippen molar-refractivity contribution in [2.24, 2.45) is 0 Å². The van der Waals surface area contributed by atoms with E-state index >= 15 is 0 Å². The van der Waals surface area contributed by atoms with Crippen molar-refractivity contribution >= 4 is 57.3 Å². The van der Waals surface area contributed by atoms with Gasteiger partial charge in [-0.05, 0) is 31.5 Å². The van der Waals surface area contributed by atoms with E-state index in [9.17, 15) is 4.79 Å². The van der Waals surface area contributed by atoms with Crippen LogP contribution in [0, 0.1) is 0 Å². The molecule has 0 aliphatic heterocycles. The number of halogens is 2. The van der Waals surface area contributed by atoms with Gasteiger partial charge in [0, 0.05) is 11.6 Å². The van der Waals surface area contributed by atoms with Gasteiger partial charge in [0.1, 0.15) is 10.8 Å². The molecule has 0 saturated heterocycles. The van der Waals surface area contributed by atoms with Crippen molar-refractivity contribution in [2.45, 2.75) is 38.1 Å². The van der Waals surface area contributed by atoms with E-state index in [4.69, 9.17) is 27.9 Å². The summed E-state index contributed by atoms with van der Waals surface area (Å²) >= 11 is 14.8. The summed E-state index contributed by atoms with van der Waals surface area (Å²) in [5, 5.41) is 22.0. The monoisotopic (exact) mass is 498 g/mol. The number of allylic oxidation sites excluding steroid dienone is 1. The summed E-state index contributed by atoms with van der Waals surface area (Å²) in [7, 11) is 0. The molecule has 1 amide bonds. The van der Waals surface area contributed by atoms with Gasteiger partial charge in [0.05, 0.1) is 10.8 Å². The molecule has 8 nitrogen and oxygen atoms in total. The number of benzene rings is 1. The Morgan fingerprint density at radius 1 is 1.35 bits per heavy atom. The lowest BCUT2D eigenvalue weighted by Gasteiger charge is -2.16. The number of anilines is 1. The highest BCUT2D eigenvalue weighted by Gasteiger charge is 2.21. The summed E-state index contributed by atoms with van der Waals surface area (Å²) in [6.07, 6.45) is 2.06. The Morgan fingerprint density at radius 2 is 2.16 bits per heavy atom. The van der Waals surface area contributed by atoms with Gasteiger partial charge >= 0.3 is 0 Å². The first-order chi connectivity index (χ1) is 14.9. The minimum Gasteiger partial charge on any atom is -0.481 e. The first-order valence-electron chi connectivity index (χ1n) is 9.32. The largest absolute Gasteiger partial charge is 0.481 e. The average molecular weight is 499 g/mol. The molecule has 3 aromatic rings. The van der Waals surface area contributed by atoms with E-state index in [1.54, 1.807) is 24.3 Å². The van der Waals surface area contributed by atoms with Crippen molar-refractivity contribution in [1.29, 1.82) is 0 Å². The third-order valence-corrected chi connectivity index (χ3v) is 6.45. The van der Waals surface area contributed by atoms with E-state index in [1.807, 2.05) is 18.4 Å². The predicted molar refractivity (Wildman–Crippen MR) is 124 cm³/mol. The van der Waals surface area contributed by atoms with E-state index in [0.717, 1.165) is 11.4 Å². The number of aromatic nitrogens is 5. The molecule has 1 N–H and O–H groups in total. The summed E-state index contributed by atoms with van der Waals surface area (Å²) in [5.74, 6) is 1.03. The maximum absolute atomic E-state index is 12.3. The smallest absolute Gasteiger partial charge is 0.236 e. The molecule has 0 aliphatic carbocycles. The van der Waals surface area contributed by atoms with Crippen LogP contribution in [0.4, 0.5) is 5.13 Å². The Labute approximate surface area is 198 Å². The van der Waals surface area contributed by atoms with Crippen LogP contribution in [0.25, 0.3) is 0 Å². The number of carbonyl (C=O) groups excluding carboxylic acids is 1. The lowest BCUT2D eigenvalue weighted by Crippen LogP contribution is -2.15. The molecule has 0 spiro atoms. The SMILES string of the molecule is C=CCn1c(SCC(=O)Nc2nnc(CC)s2)nnc1C(C)Oc1ccc(Cl)cc1Cl. The molecule has 12 heteroatoms. The fourth-order valence-electron chi connectivity index (χ4n) is 2.55. The number of carbonyl (C=O) groups is 1. The molecular formula is C19H20Cl2N6O2S2. The van der Waals surface area contributed by atoms with Crippen LogP contribution in [0.5, 0.6) is 5.75 Å². The lowest BCUT2D eigenvalue weighted by molar-refractivity contribution is -0.113. The maximum atomic E-state index is 12.3. The van der Waals surface area contributed by atoms with E-state index in [1.165, 1.54) is 23.1 Å². The van der Waals surface area contributed by atoms with Crippen molar-refractivity contribution in [3.8, 4) is 5.75 Å². The van der Waals surface area contributed by atoms with Crippen molar-refractivity contribution in [3.05, 3.63) is 51.7 Å². The third kappa shape index (κ3) is 6.19. The van der Waals surface area contributed by atoms with Gasteiger partial charge in [-0.1, -0.05) is 59.3 Å². The fraction of sp³-hybridized carbons (Fsp3) is 0.316. The van der Waals surface area contributed by atoms with Crippen molar-refractivity contribution < 1.29 is 9.53 Å². The van der Waals surface area contributed by atoms with Crippen molar-refractivity contribution in [2.75, 3.05) is 11.1 Å². The van der Waals surface area contributed by atoms with Crippen LogP contribution in [-0.4, -0.2) is 36.6 Å². The minimum atomic E-state index is -0.442. The number of hydrogen-bond acceptors (Lipinski definition) is 8. The van der Waals surface area contributed by atoms with E-state index in [0.29, 0.717) is 38.5 Å². The number of thioether (sulfide) groups is 1. The number of nitrogens with one attached hydrogen (secondary N) is 1.